The van der Waals surface area contributed by atoms with Crippen LogP contribution in [-0.4, -0.2) is 26.6 Å². The molecular weight excluding hydrogens is 446 g/mol. The SMILES string of the molecule is C/C(=N/NC(=O)CN(c1cccc(Cl)c1C)S(=O)(=O)c1ccccc1)c1ccc(C)cc1. The summed E-state index contributed by atoms with van der Waals surface area (Å²) in [7, 11) is -4.02. The third-order valence-electron chi connectivity index (χ3n) is 4.94. The van der Waals surface area contributed by atoms with Crippen molar-refractivity contribution in [3.8, 4) is 0 Å². The average Bonchev–Trinajstić information content (AvgIpc) is 2.79. The fourth-order valence-corrected chi connectivity index (χ4v) is 4.73. The summed E-state index contributed by atoms with van der Waals surface area (Å²) in [6, 6.07) is 20.6. The fraction of sp³-hybridized carbons (Fsp3) is 0.167. The Kier molecular flexibility index (Phi) is 7.33. The summed E-state index contributed by atoms with van der Waals surface area (Å²) < 4.78 is 27.8. The molecule has 0 aliphatic heterocycles. The van der Waals surface area contributed by atoms with Crippen LogP contribution in [0.4, 0.5) is 5.69 Å². The number of benzene rings is 3. The fourth-order valence-electron chi connectivity index (χ4n) is 3.06. The Balaban J connectivity index is 1.90. The quantitative estimate of drug-likeness (QED) is 0.402. The Morgan fingerprint density at radius 1 is 0.969 bits per heavy atom. The van der Waals surface area contributed by atoms with Crippen molar-refractivity contribution in [2.24, 2.45) is 5.10 Å². The number of carbonyl (C=O) groups excluding carboxylic acids is 1. The third-order valence-corrected chi connectivity index (χ3v) is 7.13. The highest BCUT2D eigenvalue weighted by molar-refractivity contribution is 7.92. The highest BCUT2D eigenvalue weighted by Gasteiger charge is 2.28. The highest BCUT2D eigenvalue weighted by Crippen LogP contribution is 2.30. The van der Waals surface area contributed by atoms with Gasteiger partial charge in [0.25, 0.3) is 15.9 Å². The summed E-state index contributed by atoms with van der Waals surface area (Å²) in [6.07, 6.45) is 0. The van der Waals surface area contributed by atoms with Crippen LogP contribution >= 0.6 is 11.6 Å². The highest BCUT2D eigenvalue weighted by atomic mass is 35.5. The number of carbonyl (C=O) groups is 1. The van der Waals surface area contributed by atoms with Crippen LogP contribution in [0.25, 0.3) is 0 Å². The molecule has 3 rings (SSSR count). The summed E-state index contributed by atoms with van der Waals surface area (Å²) in [5.74, 6) is -0.574. The van der Waals surface area contributed by atoms with Crippen molar-refractivity contribution >= 4 is 38.9 Å². The van der Waals surface area contributed by atoms with Gasteiger partial charge in [-0.1, -0.05) is 65.7 Å². The van der Waals surface area contributed by atoms with E-state index in [9.17, 15) is 13.2 Å². The van der Waals surface area contributed by atoms with Gasteiger partial charge in [-0.3, -0.25) is 9.10 Å². The molecule has 0 bridgehead atoms. The van der Waals surface area contributed by atoms with Crippen LogP contribution in [0.5, 0.6) is 0 Å². The molecule has 0 heterocycles. The molecule has 0 spiro atoms. The zero-order valence-electron chi connectivity index (χ0n) is 18.0. The Morgan fingerprint density at radius 2 is 1.62 bits per heavy atom. The molecule has 0 saturated carbocycles. The van der Waals surface area contributed by atoms with Crippen LogP contribution < -0.4 is 9.73 Å². The molecule has 3 aromatic carbocycles. The van der Waals surface area contributed by atoms with E-state index in [2.05, 4.69) is 10.5 Å². The minimum Gasteiger partial charge on any atom is -0.271 e. The predicted octanol–water partition coefficient (Wildman–Crippen LogP) is 4.69. The minimum absolute atomic E-state index is 0.0755. The molecule has 1 N–H and O–H groups in total. The van der Waals surface area contributed by atoms with E-state index in [1.165, 1.54) is 12.1 Å². The Morgan fingerprint density at radius 3 is 2.28 bits per heavy atom. The molecule has 8 heteroatoms. The van der Waals surface area contributed by atoms with Crippen molar-refractivity contribution in [2.75, 3.05) is 10.8 Å². The van der Waals surface area contributed by atoms with Crippen molar-refractivity contribution in [1.82, 2.24) is 5.43 Å². The lowest BCUT2D eigenvalue weighted by molar-refractivity contribution is -0.119. The number of rotatable bonds is 7. The summed E-state index contributed by atoms with van der Waals surface area (Å²) in [5.41, 5.74) is 5.93. The molecule has 0 unspecified atom stereocenters. The summed E-state index contributed by atoms with van der Waals surface area (Å²) in [4.78, 5) is 12.8. The number of anilines is 1. The van der Waals surface area contributed by atoms with Gasteiger partial charge in [0.2, 0.25) is 0 Å². The molecule has 0 radical (unpaired) electrons. The van der Waals surface area contributed by atoms with Gasteiger partial charge in [-0.15, -0.1) is 0 Å². The van der Waals surface area contributed by atoms with Gasteiger partial charge < -0.3 is 0 Å². The summed E-state index contributed by atoms with van der Waals surface area (Å²) in [5, 5.41) is 4.54. The molecule has 0 aromatic heterocycles. The van der Waals surface area contributed by atoms with Gasteiger partial charge in [-0.2, -0.15) is 5.10 Å². The van der Waals surface area contributed by atoms with Gasteiger partial charge in [0.15, 0.2) is 0 Å². The van der Waals surface area contributed by atoms with E-state index in [1.54, 1.807) is 50.2 Å². The van der Waals surface area contributed by atoms with Crippen LogP contribution in [0.15, 0.2) is 82.8 Å². The Hall–Kier alpha value is -3.16. The van der Waals surface area contributed by atoms with E-state index in [0.717, 1.165) is 15.4 Å². The minimum atomic E-state index is -4.02. The molecule has 166 valence electrons. The van der Waals surface area contributed by atoms with E-state index >= 15 is 0 Å². The van der Waals surface area contributed by atoms with Crippen LogP contribution in [0.1, 0.15) is 23.6 Å². The first-order valence-electron chi connectivity index (χ1n) is 9.93. The zero-order valence-corrected chi connectivity index (χ0v) is 19.6. The monoisotopic (exact) mass is 469 g/mol. The molecule has 0 aliphatic rings. The van der Waals surface area contributed by atoms with Crippen molar-refractivity contribution in [3.63, 3.8) is 0 Å². The number of nitrogens with one attached hydrogen (secondary N) is 1. The number of nitrogens with zero attached hydrogens (tertiary/aromatic N) is 2. The van der Waals surface area contributed by atoms with Crippen molar-refractivity contribution in [3.05, 3.63) is 94.5 Å². The predicted molar refractivity (Wildman–Crippen MR) is 129 cm³/mol. The Labute approximate surface area is 193 Å². The lowest BCUT2D eigenvalue weighted by atomic mass is 10.1. The number of aryl methyl sites for hydroxylation is 1. The Bertz CT molecular complexity index is 1240. The normalized spacial score (nSPS) is 11.8. The molecule has 0 aliphatic carbocycles. The molecule has 0 atom stereocenters. The number of hydrazone groups is 1. The summed E-state index contributed by atoms with van der Waals surface area (Å²) >= 11 is 6.23. The van der Waals surface area contributed by atoms with Crippen LogP contribution in [-0.2, 0) is 14.8 Å². The van der Waals surface area contributed by atoms with Gasteiger partial charge in [-0.05, 0) is 56.2 Å². The number of halogens is 1. The number of hydrogen-bond donors (Lipinski definition) is 1. The molecule has 3 aromatic rings. The molecule has 6 nitrogen and oxygen atoms in total. The largest absolute Gasteiger partial charge is 0.271 e. The van der Waals surface area contributed by atoms with Gasteiger partial charge in [-0.25, -0.2) is 13.8 Å². The first-order valence-corrected chi connectivity index (χ1v) is 11.7. The van der Waals surface area contributed by atoms with Gasteiger partial charge in [0, 0.05) is 5.02 Å². The van der Waals surface area contributed by atoms with E-state index in [-0.39, 0.29) is 4.90 Å². The van der Waals surface area contributed by atoms with Crippen LogP contribution in [0, 0.1) is 13.8 Å². The first-order chi connectivity index (χ1) is 15.2. The van der Waals surface area contributed by atoms with E-state index in [4.69, 9.17) is 11.6 Å². The zero-order chi connectivity index (χ0) is 23.3. The van der Waals surface area contributed by atoms with E-state index < -0.39 is 22.5 Å². The van der Waals surface area contributed by atoms with Crippen molar-refractivity contribution < 1.29 is 13.2 Å². The van der Waals surface area contributed by atoms with E-state index in [0.29, 0.717) is 22.0 Å². The van der Waals surface area contributed by atoms with Crippen molar-refractivity contribution in [2.45, 2.75) is 25.7 Å². The van der Waals surface area contributed by atoms with Gasteiger partial charge >= 0.3 is 0 Å². The number of amides is 1. The lowest BCUT2D eigenvalue weighted by Gasteiger charge is -2.25. The summed E-state index contributed by atoms with van der Waals surface area (Å²) in [6.45, 7) is 5.01. The smallest absolute Gasteiger partial charge is 0.264 e. The third kappa shape index (κ3) is 5.36. The van der Waals surface area contributed by atoms with Gasteiger partial charge in [0.1, 0.15) is 6.54 Å². The standard InChI is InChI=1S/C24H24ClN3O3S/c1-17-12-14-20(15-13-17)19(3)26-27-24(29)16-28(23-11-7-10-22(25)18(23)2)32(30,31)21-8-5-4-6-9-21/h4-15H,16H2,1-3H3,(H,27,29)/b26-19-. The molecule has 0 saturated heterocycles. The molecular formula is C24H24ClN3O3S. The maximum absolute atomic E-state index is 13.4. The second kappa shape index (κ2) is 9.97. The second-order valence-corrected chi connectivity index (χ2v) is 9.58. The maximum atomic E-state index is 13.4. The van der Waals surface area contributed by atoms with Gasteiger partial charge in [0.05, 0.1) is 16.3 Å². The van der Waals surface area contributed by atoms with E-state index in [1.807, 2.05) is 31.2 Å². The van der Waals surface area contributed by atoms with Crippen LogP contribution in [0.2, 0.25) is 5.02 Å². The van der Waals surface area contributed by atoms with Crippen LogP contribution in [0.3, 0.4) is 0 Å². The lowest BCUT2D eigenvalue weighted by Crippen LogP contribution is -2.40. The number of hydrogen-bond acceptors (Lipinski definition) is 4. The first kappa shape index (κ1) is 23.5. The molecule has 1 amide bonds. The van der Waals surface area contributed by atoms with Crippen molar-refractivity contribution in [1.29, 1.82) is 0 Å². The number of sulfonamides is 1. The molecule has 32 heavy (non-hydrogen) atoms. The topological polar surface area (TPSA) is 78.8 Å². The average molecular weight is 470 g/mol. The second-order valence-electron chi connectivity index (χ2n) is 7.31. The molecule has 0 fully saturated rings. The maximum Gasteiger partial charge on any atom is 0.264 e.